The normalized spacial score (nSPS) is 15.1. The number of rotatable bonds is 7. The van der Waals surface area contributed by atoms with Crippen LogP contribution in [0.25, 0.3) is 11.0 Å². The number of para-hydroxylation sites is 1. The molecular formula is C28H24ClNO4. The van der Waals surface area contributed by atoms with Crippen molar-refractivity contribution < 1.29 is 13.9 Å². The van der Waals surface area contributed by atoms with E-state index in [0.717, 1.165) is 24.0 Å². The van der Waals surface area contributed by atoms with Crippen LogP contribution in [0.5, 0.6) is 5.75 Å². The molecule has 34 heavy (non-hydrogen) atoms. The van der Waals surface area contributed by atoms with Crippen LogP contribution in [0.1, 0.15) is 53.1 Å². The maximum Gasteiger partial charge on any atom is 0.291 e. The van der Waals surface area contributed by atoms with Crippen molar-refractivity contribution in [1.82, 2.24) is 4.90 Å². The highest BCUT2D eigenvalue weighted by Gasteiger charge is 2.42. The molecule has 5 rings (SSSR count). The van der Waals surface area contributed by atoms with Crippen molar-refractivity contribution in [1.29, 1.82) is 0 Å². The lowest BCUT2D eigenvalue weighted by atomic mass is 9.98. The Morgan fingerprint density at radius 1 is 1.00 bits per heavy atom. The van der Waals surface area contributed by atoms with Crippen molar-refractivity contribution in [2.75, 3.05) is 6.61 Å². The SMILES string of the molecule is CCCCOc1cccc(C2c3c(oc4ccccc4c3=O)C(=O)N2Cc2ccc(Cl)cc2)c1. The van der Waals surface area contributed by atoms with E-state index in [9.17, 15) is 9.59 Å². The van der Waals surface area contributed by atoms with Gasteiger partial charge in [0.15, 0.2) is 5.43 Å². The van der Waals surface area contributed by atoms with Gasteiger partial charge in [-0.3, -0.25) is 9.59 Å². The number of carbonyl (C=O) groups excluding carboxylic acids is 1. The van der Waals surface area contributed by atoms with Crippen LogP contribution in [-0.2, 0) is 6.54 Å². The lowest BCUT2D eigenvalue weighted by molar-refractivity contribution is 0.0714. The molecule has 1 unspecified atom stereocenters. The second-order valence-corrected chi connectivity index (χ2v) is 8.84. The monoisotopic (exact) mass is 473 g/mol. The Morgan fingerprint density at radius 3 is 2.59 bits per heavy atom. The molecule has 1 aliphatic heterocycles. The van der Waals surface area contributed by atoms with Crippen molar-refractivity contribution >= 4 is 28.5 Å². The molecule has 0 aliphatic carbocycles. The molecule has 1 amide bonds. The first kappa shape index (κ1) is 22.2. The number of halogens is 1. The standard InChI is InChI=1S/C28H24ClNO4/c1-2-3-15-33-21-8-6-7-19(16-21)25-24-26(31)22-9-4-5-10-23(22)34-27(24)28(32)30(25)17-18-11-13-20(29)14-12-18/h4-14,16,25H,2-3,15,17H2,1H3. The summed E-state index contributed by atoms with van der Waals surface area (Å²) >= 11 is 6.05. The van der Waals surface area contributed by atoms with Crippen LogP contribution in [0.2, 0.25) is 5.02 Å². The molecule has 0 saturated heterocycles. The summed E-state index contributed by atoms with van der Waals surface area (Å²) in [5.74, 6) is 0.499. The van der Waals surface area contributed by atoms with Crippen LogP contribution >= 0.6 is 11.6 Å². The van der Waals surface area contributed by atoms with Gasteiger partial charge in [-0.05, 0) is 53.9 Å². The molecule has 172 valence electrons. The van der Waals surface area contributed by atoms with E-state index >= 15 is 0 Å². The van der Waals surface area contributed by atoms with E-state index in [1.54, 1.807) is 41.3 Å². The van der Waals surface area contributed by atoms with Crippen molar-refractivity contribution in [3.05, 3.63) is 110 Å². The highest BCUT2D eigenvalue weighted by molar-refractivity contribution is 6.30. The average molecular weight is 474 g/mol. The Bertz CT molecular complexity index is 1410. The fraction of sp³-hybridized carbons (Fsp3) is 0.214. The van der Waals surface area contributed by atoms with Crippen LogP contribution in [-0.4, -0.2) is 17.4 Å². The molecule has 0 fully saturated rings. The summed E-state index contributed by atoms with van der Waals surface area (Å²) in [7, 11) is 0. The fourth-order valence-electron chi connectivity index (χ4n) is 4.37. The largest absolute Gasteiger partial charge is 0.494 e. The smallest absolute Gasteiger partial charge is 0.291 e. The van der Waals surface area contributed by atoms with Gasteiger partial charge < -0.3 is 14.1 Å². The highest BCUT2D eigenvalue weighted by atomic mass is 35.5. The Balaban J connectivity index is 1.63. The quantitative estimate of drug-likeness (QED) is 0.292. The zero-order valence-corrected chi connectivity index (χ0v) is 19.5. The van der Waals surface area contributed by atoms with Crippen LogP contribution in [0.4, 0.5) is 0 Å². The Morgan fingerprint density at radius 2 is 1.79 bits per heavy atom. The third-order valence-electron chi connectivity index (χ3n) is 6.08. The molecule has 1 aromatic heterocycles. The van der Waals surface area contributed by atoms with Crippen LogP contribution in [0.3, 0.4) is 0 Å². The van der Waals surface area contributed by atoms with E-state index in [0.29, 0.717) is 40.5 Å². The van der Waals surface area contributed by atoms with Crippen molar-refractivity contribution in [3.63, 3.8) is 0 Å². The predicted molar refractivity (Wildman–Crippen MR) is 132 cm³/mol. The maximum absolute atomic E-state index is 13.6. The Hall–Kier alpha value is -3.57. The van der Waals surface area contributed by atoms with Crippen molar-refractivity contribution in [3.8, 4) is 5.75 Å². The molecule has 1 aliphatic rings. The topological polar surface area (TPSA) is 59.8 Å². The summed E-state index contributed by atoms with van der Waals surface area (Å²) in [4.78, 5) is 28.9. The minimum absolute atomic E-state index is 0.0972. The number of hydrogen-bond acceptors (Lipinski definition) is 4. The number of hydrogen-bond donors (Lipinski definition) is 0. The first-order chi connectivity index (χ1) is 16.6. The third-order valence-corrected chi connectivity index (χ3v) is 6.33. The summed E-state index contributed by atoms with van der Waals surface area (Å²) in [5.41, 5.74) is 2.29. The minimum atomic E-state index is -0.589. The van der Waals surface area contributed by atoms with Crippen molar-refractivity contribution in [2.24, 2.45) is 0 Å². The molecule has 0 radical (unpaired) electrons. The van der Waals surface area contributed by atoms with Gasteiger partial charge in [0.1, 0.15) is 11.3 Å². The molecular weight excluding hydrogens is 450 g/mol. The van der Waals surface area contributed by atoms with Gasteiger partial charge in [-0.25, -0.2) is 0 Å². The molecule has 0 bridgehead atoms. The van der Waals surface area contributed by atoms with Crippen molar-refractivity contribution in [2.45, 2.75) is 32.4 Å². The second kappa shape index (κ2) is 9.35. The number of nitrogens with zero attached hydrogens (tertiary/aromatic N) is 1. The van der Waals surface area contributed by atoms with Gasteiger partial charge in [0, 0.05) is 11.6 Å². The van der Waals surface area contributed by atoms with Crippen LogP contribution < -0.4 is 10.2 Å². The van der Waals surface area contributed by atoms with Gasteiger partial charge in [0.05, 0.1) is 23.6 Å². The first-order valence-electron chi connectivity index (χ1n) is 11.4. The van der Waals surface area contributed by atoms with E-state index in [4.69, 9.17) is 20.8 Å². The summed E-state index contributed by atoms with van der Waals surface area (Å²) in [6, 6.07) is 21.4. The molecule has 6 heteroatoms. The van der Waals surface area contributed by atoms with Gasteiger partial charge in [0.25, 0.3) is 5.91 Å². The first-order valence-corrected chi connectivity index (χ1v) is 11.8. The van der Waals surface area contributed by atoms with E-state index < -0.39 is 6.04 Å². The summed E-state index contributed by atoms with van der Waals surface area (Å²) in [6.45, 7) is 3.03. The van der Waals surface area contributed by atoms with E-state index in [2.05, 4.69) is 6.92 Å². The number of unbranched alkanes of at least 4 members (excludes halogenated alkanes) is 1. The molecule has 4 aromatic rings. The molecule has 1 atom stereocenters. The highest BCUT2D eigenvalue weighted by Crippen LogP contribution is 2.40. The number of amides is 1. The maximum atomic E-state index is 13.6. The zero-order valence-electron chi connectivity index (χ0n) is 18.8. The molecule has 0 spiro atoms. The number of carbonyl (C=O) groups is 1. The molecule has 2 heterocycles. The van der Waals surface area contributed by atoms with Gasteiger partial charge in [-0.2, -0.15) is 0 Å². The molecule has 3 aromatic carbocycles. The molecule has 0 N–H and O–H groups in total. The zero-order chi connectivity index (χ0) is 23.7. The summed E-state index contributed by atoms with van der Waals surface area (Å²) in [5, 5.41) is 1.08. The summed E-state index contributed by atoms with van der Waals surface area (Å²) < 4.78 is 11.9. The fourth-order valence-corrected chi connectivity index (χ4v) is 4.50. The van der Waals surface area contributed by atoms with Gasteiger partial charge in [-0.1, -0.05) is 61.3 Å². The van der Waals surface area contributed by atoms with E-state index in [1.165, 1.54) is 0 Å². The van der Waals surface area contributed by atoms with E-state index in [1.807, 2.05) is 36.4 Å². The van der Waals surface area contributed by atoms with Gasteiger partial charge in [0.2, 0.25) is 5.76 Å². The third kappa shape index (κ3) is 4.08. The van der Waals surface area contributed by atoms with Gasteiger partial charge in [-0.15, -0.1) is 0 Å². The number of ether oxygens (including phenoxy) is 1. The average Bonchev–Trinajstić information content (AvgIpc) is 3.13. The van der Waals surface area contributed by atoms with Crippen LogP contribution in [0, 0.1) is 0 Å². The number of fused-ring (bicyclic) bond motifs is 2. The molecule has 5 nitrogen and oxygen atoms in total. The Labute approximate surface area is 202 Å². The lowest BCUT2D eigenvalue weighted by Crippen LogP contribution is -2.29. The molecule has 0 saturated carbocycles. The predicted octanol–water partition coefficient (Wildman–Crippen LogP) is 6.37. The number of benzene rings is 3. The lowest BCUT2D eigenvalue weighted by Gasteiger charge is -2.25. The second-order valence-electron chi connectivity index (χ2n) is 8.41. The Kier molecular flexibility index (Phi) is 6.12. The minimum Gasteiger partial charge on any atom is -0.494 e. The summed E-state index contributed by atoms with van der Waals surface area (Å²) in [6.07, 6.45) is 1.99. The van der Waals surface area contributed by atoms with Crippen LogP contribution in [0.15, 0.2) is 82.0 Å². The van der Waals surface area contributed by atoms with Gasteiger partial charge >= 0.3 is 0 Å². The van der Waals surface area contributed by atoms with E-state index in [-0.39, 0.29) is 17.1 Å².